The van der Waals surface area contributed by atoms with Gasteiger partial charge in [-0.3, -0.25) is 4.90 Å². The molecule has 0 atom stereocenters. The second kappa shape index (κ2) is 9.14. The molecule has 6 heteroatoms. The van der Waals surface area contributed by atoms with Gasteiger partial charge in [0.2, 0.25) is 0 Å². The maximum Gasteiger partial charge on any atom is 0.321 e. The molecular weight excluding hydrogens is 438 g/mol. The number of urea groups is 1. The van der Waals surface area contributed by atoms with E-state index in [1.165, 1.54) is 5.56 Å². The van der Waals surface area contributed by atoms with Crippen LogP contribution in [0.2, 0.25) is 0 Å². The van der Waals surface area contributed by atoms with Gasteiger partial charge in [0.05, 0.1) is 24.8 Å². The summed E-state index contributed by atoms with van der Waals surface area (Å²) in [6.07, 6.45) is 6.46. The Morgan fingerprint density at radius 1 is 0.943 bits per heavy atom. The fourth-order valence-corrected chi connectivity index (χ4v) is 6.53. The third-order valence-electron chi connectivity index (χ3n) is 9.00. The summed E-state index contributed by atoms with van der Waals surface area (Å²) in [5.74, 6) is 0.819. The van der Waals surface area contributed by atoms with Crippen molar-refractivity contribution in [1.29, 1.82) is 0 Å². The highest BCUT2D eigenvalue weighted by Crippen LogP contribution is 2.50. The Bertz CT molecular complexity index is 1020. The molecule has 35 heavy (non-hydrogen) atoms. The van der Waals surface area contributed by atoms with E-state index in [-0.39, 0.29) is 17.1 Å². The SMILES string of the molecule is COc1ccc(CN2C[C@]3(CC[C@@](c4ccccc4)(N(C)C)CC3)N(CC3(O)CCC3)C2=O)cc1. The lowest BCUT2D eigenvalue weighted by Gasteiger charge is -2.52. The number of hydrogen-bond donors (Lipinski definition) is 1. The topological polar surface area (TPSA) is 56.3 Å². The fourth-order valence-electron chi connectivity index (χ4n) is 6.53. The molecular formula is C29H39N3O3. The first-order valence-electron chi connectivity index (χ1n) is 12.9. The lowest BCUT2D eigenvalue weighted by molar-refractivity contribution is -0.0725. The van der Waals surface area contributed by atoms with E-state index in [4.69, 9.17) is 4.74 Å². The Morgan fingerprint density at radius 3 is 2.14 bits per heavy atom. The molecule has 0 aromatic heterocycles. The molecule has 0 unspecified atom stereocenters. The van der Waals surface area contributed by atoms with E-state index in [0.29, 0.717) is 19.6 Å². The van der Waals surface area contributed by atoms with Gasteiger partial charge in [0, 0.05) is 18.6 Å². The normalized spacial score (nSPS) is 28.0. The summed E-state index contributed by atoms with van der Waals surface area (Å²) >= 11 is 0. The second-order valence-electron chi connectivity index (χ2n) is 11.2. The van der Waals surface area contributed by atoms with Gasteiger partial charge >= 0.3 is 6.03 Å². The van der Waals surface area contributed by atoms with Gasteiger partial charge in [0.25, 0.3) is 0 Å². The van der Waals surface area contributed by atoms with Crippen LogP contribution < -0.4 is 4.74 Å². The van der Waals surface area contributed by atoms with Crippen molar-refractivity contribution < 1.29 is 14.6 Å². The van der Waals surface area contributed by atoms with Crippen molar-refractivity contribution in [2.24, 2.45) is 0 Å². The molecule has 188 valence electrons. The fraction of sp³-hybridized carbons (Fsp3) is 0.552. The van der Waals surface area contributed by atoms with E-state index in [1.807, 2.05) is 29.2 Å². The van der Waals surface area contributed by atoms with Crippen molar-refractivity contribution in [3.05, 3.63) is 65.7 Å². The largest absolute Gasteiger partial charge is 0.497 e. The third-order valence-corrected chi connectivity index (χ3v) is 9.00. The summed E-state index contributed by atoms with van der Waals surface area (Å²) < 4.78 is 5.30. The van der Waals surface area contributed by atoms with Crippen molar-refractivity contribution in [2.45, 2.75) is 68.2 Å². The summed E-state index contributed by atoms with van der Waals surface area (Å²) in [5, 5.41) is 11.1. The van der Waals surface area contributed by atoms with Crippen LogP contribution in [-0.2, 0) is 12.1 Å². The molecule has 2 aromatic rings. The predicted molar refractivity (Wildman–Crippen MR) is 137 cm³/mol. The number of aliphatic hydroxyl groups is 1. The predicted octanol–water partition coefficient (Wildman–Crippen LogP) is 4.62. The van der Waals surface area contributed by atoms with Gasteiger partial charge < -0.3 is 19.6 Å². The highest BCUT2D eigenvalue weighted by molar-refractivity contribution is 5.78. The second-order valence-corrected chi connectivity index (χ2v) is 11.2. The van der Waals surface area contributed by atoms with E-state index in [9.17, 15) is 9.90 Å². The van der Waals surface area contributed by atoms with Gasteiger partial charge in [0.1, 0.15) is 5.75 Å². The minimum atomic E-state index is -0.728. The molecule has 1 heterocycles. The van der Waals surface area contributed by atoms with Crippen molar-refractivity contribution >= 4 is 6.03 Å². The first kappa shape index (κ1) is 24.1. The number of nitrogens with zero attached hydrogens (tertiary/aromatic N) is 3. The Morgan fingerprint density at radius 2 is 1.60 bits per heavy atom. The summed E-state index contributed by atoms with van der Waals surface area (Å²) in [4.78, 5) is 20.2. The van der Waals surface area contributed by atoms with Crippen LogP contribution in [0.4, 0.5) is 4.79 Å². The van der Waals surface area contributed by atoms with Crippen LogP contribution >= 0.6 is 0 Å². The lowest BCUT2D eigenvalue weighted by atomic mass is 9.67. The van der Waals surface area contributed by atoms with Crippen LogP contribution in [0.25, 0.3) is 0 Å². The van der Waals surface area contributed by atoms with Gasteiger partial charge in [-0.1, -0.05) is 42.5 Å². The molecule has 2 aromatic carbocycles. The number of hydrogen-bond acceptors (Lipinski definition) is 4. The van der Waals surface area contributed by atoms with E-state index in [0.717, 1.165) is 56.3 Å². The standard InChI is InChI=1S/C29H39N3O3/c1-30(2)29(24-8-5-4-6-9-24)18-16-27(17-19-29)21-31(20-23-10-12-25(35-3)13-11-23)26(33)32(27)22-28(34)14-7-15-28/h4-6,8-13,34H,7,14-22H2,1-3H3/t27-,29-. The van der Waals surface area contributed by atoms with Gasteiger partial charge in [-0.05, 0) is 82.3 Å². The number of carbonyl (C=O) groups excluding carboxylic acids is 1. The van der Waals surface area contributed by atoms with Crippen molar-refractivity contribution in [3.8, 4) is 5.75 Å². The molecule has 6 nitrogen and oxygen atoms in total. The first-order valence-corrected chi connectivity index (χ1v) is 12.9. The van der Waals surface area contributed by atoms with Gasteiger partial charge in [-0.25, -0.2) is 4.79 Å². The van der Waals surface area contributed by atoms with Gasteiger partial charge in [-0.2, -0.15) is 0 Å². The molecule has 5 rings (SSSR count). The summed E-state index contributed by atoms with van der Waals surface area (Å²) in [5.41, 5.74) is 1.46. The Hall–Kier alpha value is -2.57. The Balaban J connectivity index is 1.40. The molecule has 3 aliphatic rings. The molecule has 2 saturated carbocycles. The summed E-state index contributed by atoms with van der Waals surface area (Å²) in [6.45, 7) is 1.74. The number of β-amino-alcohol motifs (C(OH)–C–C–N with tert-alkyl or cyclic N) is 1. The zero-order chi connectivity index (χ0) is 24.7. The van der Waals surface area contributed by atoms with Crippen LogP contribution in [0.15, 0.2) is 54.6 Å². The number of methoxy groups -OCH3 is 1. The number of amides is 2. The zero-order valence-corrected chi connectivity index (χ0v) is 21.4. The molecule has 1 spiro atoms. The first-order chi connectivity index (χ1) is 16.8. The average molecular weight is 478 g/mol. The van der Waals surface area contributed by atoms with Crippen LogP contribution in [-0.4, -0.2) is 71.3 Å². The van der Waals surface area contributed by atoms with E-state index in [1.54, 1.807) is 7.11 Å². The highest BCUT2D eigenvalue weighted by Gasteiger charge is 2.56. The van der Waals surface area contributed by atoms with E-state index >= 15 is 0 Å². The average Bonchev–Trinajstić information content (AvgIpc) is 3.09. The van der Waals surface area contributed by atoms with Crippen LogP contribution in [0.5, 0.6) is 5.75 Å². The molecule has 0 radical (unpaired) electrons. The molecule has 1 aliphatic heterocycles. The number of carbonyl (C=O) groups is 1. The van der Waals surface area contributed by atoms with Crippen molar-refractivity contribution in [2.75, 3.05) is 34.3 Å². The van der Waals surface area contributed by atoms with Crippen LogP contribution in [0.3, 0.4) is 0 Å². The minimum Gasteiger partial charge on any atom is -0.497 e. The van der Waals surface area contributed by atoms with Gasteiger partial charge in [0.15, 0.2) is 0 Å². The molecule has 1 N–H and O–H groups in total. The van der Waals surface area contributed by atoms with Crippen molar-refractivity contribution in [1.82, 2.24) is 14.7 Å². The summed E-state index contributed by atoms with van der Waals surface area (Å²) in [6, 6.07) is 18.8. The zero-order valence-electron chi connectivity index (χ0n) is 21.4. The lowest BCUT2D eigenvalue weighted by Crippen LogP contribution is -2.59. The van der Waals surface area contributed by atoms with Crippen LogP contribution in [0.1, 0.15) is 56.1 Å². The number of ether oxygens (including phenoxy) is 1. The Labute approximate surface area is 209 Å². The quantitative estimate of drug-likeness (QED) is 0.632. The molecule has 1 saturated heterocycles. The van der Waals surface area contributed by atoms with E-state index in [2.05, 4.69) is 54.2 Å². The summed E-state index contributed by atoms with van der Waals surface area (Å²) in [7, 11) is 6.02. The molecule has 2 aliphatic carbocycles. The van der Waals surface area contributed by atoms with Crippen molar-refractivity contribution in [3.63, 3.8) is 0 Å². The molecule has 3 fully saturated rings. The number of rotatable bonds is 7. The molecule has 2 amide bonds. The maximum absolute atomic E-state index is 13.8. The number of benzene rings is 2. The minimum absolute atomic E-state index is 0.0298. The maximum atomic E-state index is 13.8. The highest BCUT2D eigenvalue weighted by atomic mass is 16.5. The van der Waals surface area contributed by atoms with Gasteiger partial charge in [-0.15, -0.1) is 0 Å². The van der Waals surface area contributed by atoms with Crippen LogP contribution in [0, 0.1) is 0 Å². The molecule has 0 bridgehead atoms. The third kappa shape index (κ3) is 4.31. The monoisotopic (exact) mass is 477 g/mol. The smallest absolute Gasteiger partial charge is 0.321 e. The van der Waals surface area contributed by atoms with E-state index < -0.39 is 5.60 Å². The Kier molecular flexibility index (Phi) is 6.30.